The van der Waals surface area contributed by atoms with E-state index in [-0.39, 0.29) is 5.48 Å². The van der Waals surface area contributed by atoms with Crippen LogP contribution in [0.3, 0.4) is 0 Å². The van der Waals surface area contributed by atoms with Gasteiger partial charge in [-0.25, -0.2) is 5.26 Å². The predicted octanol–water partition coefficient (Wildman–Crippen LogP) is -1.55. The number of hydrogen-bond donors (Lipinski definition) is 2. The molecule has 0 aromatic rings. The summed E-state index contributed by atoms with van der Waals surface area (Å²) in [4.78, 5) is 0. The van der Waals surface area contributed by atoms with E-state index in [1.54, 1.807) is 0 Å². The van der Waals surface area contributed by atoms with Crippen LogP contribution < -0.4 is 0 Å². The molecule has 7 heavy (non-hydrogen) atoms. The van der Waals surface area contributed by atoms with E-state index in [9.17, 15) is 0 Å². The Bertz CT molecular complexity index is 106. The molecule has 6 nitrogen and oxygen atoms in total. The van der Waals surface area contributed by atoms with Crippen LogP contribution in [0.1, 0.15) is 0 Å². The molecule has 0 fully saturated rings. The first kappa shape index (κ1) is 9.92. The Balaban J connectivity index is 0. The smallest absolute Gasteiger partial charge is 0.412 e. The lowest BCUT2D eigenvalue weighted by molar-refractivity contribution is -0.139. The highest BCUT2D eigenvalue weighted by Gasteiger charge is 1.97. The molecule has 0 aliphatic heterocycles. The average molecular weight is 132 g/mol. The minimum Gasteiger partial charge on any atom is -0.412 e. The summed E-state index contributed by atoms with van der Waals surface area (Å²) < 4.78 is 28.0. The van der Waals surface area contributed by atoms with Crippen molar-refractivity contribution in [3.05, 3.63) is 0 Å². The van der Waals surface area contributed by atoms with Crippen LogP contribution in [0.4, 0.5) is 0 Å². The Morgan fingerprint density at radius 3 is 1.57 bits per heavy atom. The van der Waals surface area contributed by atoms with Crippen molar-refractivity contribution in [2.75, 3.05) is 0 Å². The van der Waals surface area contributed by atoms with Crippen LogP contribution in [0, 0.1) is 0 Å². The zero-order valence-electron chi connectivity index (χ0n) is 3.03. The first-order valence-electron chi connectivity index (χ1n) is 0.865. The fraction of sp³-hybridized carbons (Fsp3) is 0. The molecule has 0 heterocycles. The minimum atomic E-state index is -4.61. The van der Waals surface area contributed by atoms with Gasteiger partial charge in [0.05, 0.1) is 0 Å². The molecule has 0 radical (unpaired) electrons. The second-order valence-electron chi connectivity index (χ2n) is 0.502. The van der Waals surface area contributed by atoms with Crippen molar-refractivity contribution in [3.63, 3.8) is 0 Å². The van der Waals surface area contributed by atoms with Gasteiger partial charge in [-0.1, -0.05) is 4.33 Å². The summed E-state index contributed by atoms with van der Waals surface area (Å²) in [6.07, 6.45) is 0. The molecule has 0 amide bonds. The molecular formula is H4O6S. The van der Waals surface area contributed by atoms with Gasteiger partial charge in [-0.15, -0.1) is 0 Å². The molecule has 0 spiro atoms. The summed E-state index contributed by atoms with van der Waals surface area (Å²) in [6.45, 7) is 0. The summed E-state index contributed by atoms with van der Waals surface area (Å²) in [5.74, 6) is 0. The monoisotopic (exact) mass is 132 g/mol. The molecule has 0 atom stereocenters. The maximum Gasteiger partial charge on any atom is 0.423 e. The normalized spacial score (nSPS) is 10.0. The largest absolute Gasteiger partial charge is 0.423 e. The van der Waals surface area contributed by atoms with Crippen molar-refractivity contribution < 1.29 is 28.0 Å². The van der Waals surface area contributed by atoms with Crippen LogP contribution >= 0.6 is 0 Å². The van der Waals surface area contributed by atoms with Gasteiger partial charge in [0.25, 0.3) is 0 Å². The lowest BCUT2D eigenvalue weighted by Crippen LogP contribution is -1.97. The molecular weight excluding hydrogens is 128 g/mol. The van der Waals surface area contributed by atoms with E-state index in [0.29, 0.717) is 0 Å². The molecule has 0 unspecified atom stereocenters. The maximum atomic E-state index is 9.08. The van der Waals surface area contributed by atoms with Crippen molar-refractivity contribution in [2.45, 2.75) is 0 Å². The summed E-state index contributed by atoms with van der Waals surface area (Å²) >= 11 is 0. The van der Waals surface area contributed by atoms with Gasteiger partial charge >= 0.3 is 10.4 Å². The Hall–Kier alpha value is -0.210. The van der Waals surface area contributed by atoms with E-state index in [1.165, 1.54) is 0 Å². The third kappa shape index (κ3) is 10.7. The number of hydrogen-bond acceptors (Lipinski definition) is 4. The third-order valence-electron chi connectivity index (χ3n) is 0.0942. The van der Waals surface area contributed by atoms with E-state index in [1.807, 2.05) is 0 Å². The van der Waals surface area contributed by atoms with Crippen LogP contribution in [0.2, 0.25) is 0 Å². The van der Waals surface area contributed by atoms with Gasteiger partial charge in [0.15, 0.2) is 0 Å². The first-order valence-corrected chi connectivity index (χ1v) is 2.23. The zero-order valence-corrected chi connectivity index (χ0v) is 3.84. The van der Waals surface area contributed by atoms with Crippen molar-refractivity contribution >= 4 is 10.4 Å². The molecule has 7 heteroatoms. The molecule has 0 aliphatic carbocycles. The molecule has 46 valence electrons. The molecule has 0 bridgehead atoms. The van der Waals surface area contributed by atoms with Gasteiger partial charge in [0, 0.05) is 0 Å². The Morgan fingerprint density at radius 2 is 1.57 bits per heavy atom. The van der Waals surface area contributed by atoms with Gasteiger partial charge in [0.1, 0.15) is 0 Å². The highest BCUT2D eigenvalue weighted by Crippen LogP contribution is 1.74. The van der Waals surface area contributed by atoms with E-state index < -0.39 is 10.4 Å². The van der Waals surface area contributed by atoms with E-state index in [4.69, 9.17) is 18.2 Å². The molecule has 0 rings (SSSR count). The van der Waals surface area contributed by atoms with E-state index in [0.717, 1.165) is 0 Å². The Labute approximate surface area is 39.5 Å². The lowest BCUT2D eigenvalue weighted by Gasteiger charge is -1.79. The summed E-state index contributed by atoms with van der Waals surface area (Å²) in [5, 5.41) is 7.06. The number of rotatable bonds is 1. The Morgan fingerprint density at radius 1 is 1.43 bits per heavy atom. The standard InChI is InChI=1S/H2O5S.H2O/c1-5-6(2,3)4;/h1H,(H,2,3,4);1H2. The van der Waals surface area contributed by atoms with Gasteiger partial charge in [-0.2, -0.15) is 8.42 Å². The summed E-state index contributed by atoms with van der Waals surface area (Å²) in [5.41, 5.74) is 0. The van der Waals surface area contributed by atoms with Gasteiger partial charge < -0.3 is 5.48 Å². The van der Waals surface area contributed by atoms with E-state index in [2.05, 4.69) is 4.33 Å². The van der Waals surface area contributed by atoms with Crippen LogP contribution in [0.25, 0.3) is 0 Å². The first-order chi connectivity index (χ1) is 2.56. The fourth-order valence-corrected chi connectivity index (χ4v) is 0. The summed E-state index contributed by atoms with van der Waals surface area (Å²) in [6, 6.07) is 0. The van der Waals surface area contributed by atoms with Crippen molar-refractivity contribution in [3.8, 4) is 0 Å². The molecule has 4 N–H and O–H groups in total. The summed E-state index contributed by atoms with van der Waals surface area (Å²) in [7, 11) is -4.61. The average Bonchev–Trinajstić information content (AvgIpc) is 1.35. The highest BCUT2D eigenvalue weighted by atomic mass is 32.3. The van der Waals surface area contributed by atoms with Crippen molar-refractivity contribution in [2.24, 2.45) is 0 Å². The molecule has 0 saturated carbocycles. The molecule has 0 saturated heterocycles. The maximum absolute atomic E-state index is 9.08. The van der Waals surface area contributed by atoms with Gasteiger partial charge in [-0.05, 0) is 0 Å². The Kier molecular flexibility index (Phi) is 4.08. The highest BCUT2D eigenvalue weighted by molar-refractivity contribution is 7.80. The van der Waals surface area contributed by atoms with Gasteiger partial charge in [-0.3, -0.25) is 4.55 Å². The minimum absolute atomic E-state index is 0. The van der Waals surface area contributed by atoms with Crippen LogP contribution in [-0.2, 0) is 14.7 Å². The SMILES string of the molecule is O.O=S(=O)(O)OO. The second kappa shape index (κ2) is 2.88. The van der Waals surface area contributed by atoms with Crippen molar-refractivity contribution in [1.82, 2.24) is 0 Å². The third-order valence-corrected chi connectivity index (χ3v) is 0.283. The van der Waals surface area contributed by atoms with Crippen LogP contribution in [0.5, 0.6) is 0 Å². The fourth-order valence-electron chi connectivity index (χ4n) is 0. The second-order valence-corrected chi connectivity index (χ2v) is 1.51. The predicted molar refractivity (Wildman–Crippen MR) is 18.9 cm³/mol. The topological polar surface area (TPSA) is 115 Å². The van der Waals surface area contributed by atoms with Gasteiger partial charge in [0.2, 0.25) is 0 Å². The zero-order chi connectivity index (χ0) is 5.21. The quantitative estimate of drug-likeness (QED) is 0.254. The van der Waals surface area contributed by atoms with Crippen molar-refractivity contribution in [1.29, 1.82) is 0 Å². The van der Waals surface area contributed by atoms with Crippen LogP contribution in [0.15, 0.2) is 0 Å². The molecule has 0 aromatic heterocycles. The lowest BCUT2D eigenvalue weighted by atomic mass is 15.0. The van der Waals surface area contributed by atoms with E-state index >= 15 is 0 Å². The molecule has 0 aromatic carbocycles. The molecule has 0 aliphatic rings. The van der Waals surface area contributed by atoms with Crippen LogP contribution in [-0.4, -0.2) is 23.7 Å².